The van der Waals surface area contributed by atoms with Gasteiger partial charge < -0.3 is 9.47 Å². The lowest BCUT2D eigenvalue weighted by atomic mass is 10.1. The molecule has 1 aliphatic heterocycles. The van der Waals surface area contributed by atoms with Gasteiger partial charge >= 0.3 is 0 Å². The minimum atomic E-state index is -0.108. The molecule has 1 fully saturated rings. The summed E-state index contributed by atoms with van der Waals surface area (Å²) in [5, 5.41) is 9.16. The van der Waals surface area contributed by atoms with Crippen LogP contribution in [0.25, 0.3) is 0 Å². The molecule has 0 bridgehead atoms. The third-order valence-corrected chi connectivity index (χ3v) is 6.05. The molecule has 0 radical (unpaired) electrons. The average molecular weight is 426 g/mol. The van der Waals surface area contributed by atoms with E-state index in [-0.39, 0.29) is 11.2 Å². The zero-order chi connectivity index (χ0) is 21.3. The zero-order valence-electron chi connectivity index (χ0n) is 17.6. The van der Waals surface area contributed by atoms with Gasteiger partial charge in [0, 0.05) is 5.56 Å². The van der Waals surface area contributed by atoms with Gasteiger partial charge in [0.1, 0.15) is 11.5 Å². The fourth-order valence-electron chi connectivity index (χ4n) is 3.13. The summed E-state index contributed by atoms with van der Waals surface area (Å²) in [7, 11) is 3.26. The average Bonchev–Trinajstić information content (AvgIpc) is 3.07. The predicted molar refractivity (Wildman–Crippen MR) is 122 cm³/mol. The maximum Gasteiger partial charge on any atom is 0.242 e. The van der Waals surface area contributed by atoms with Gasteiger partial charge in [-0.25, -0.2) is 0 Å². The Morgan fingerprint density at radius 1 is 1.10 bits per heavy atom. The van der Waals surface area contributed by atoms with Crippen molar-refractivity contribution in [3.63, 3.8) is 0 Å². The Balaban J connectivity index is 1.81. The number of ether oxygens (including phenoxy) is 2. The second-order valence-electron chi connectivity index (χ2n) is 6.89. The molecule has 1 unspecified atom stereocenters. The van der Waals surface area contributed by atoms with Crippen LogP contribution in [0.5, 0.6) is 11.5 Å². The van der Waals surface area contributed by atoms with E-state index in [1.165, 1.54) is 11.8 Å². The van der Waals surface area contributed by atoms with Gasteiger partial charge in [-0.3, -0.25) is 9.69 Å². The summed E-state index contributed by atoms with van der Waals surface area (Å²) in [5.74, 6) is 1.61. The third-order valence-electron chi connectivity index (χ3n) is 4.82. The van der Waals surface area contributed by atoms with Crippen LogP contribution in [0.4, 0.5) is 0 Å². The molecule has 1 aliphatic rings. The third kappa shape index (κ3) is 5.42. The van der Waals surface area contributed by atoms with Gasteiger partial charge in [0.2, 0.25) is 5.91 Å². The van der Waals surface area contributed by atoms with Gasteiger partial charge in [0.25, 0.3) is 0 Å². The Labute approximate surface area is 182 Å². The van der Waals surface area contributed by atoms with E-state index in [1.54, 1.807) is 25.3 Å². The van der Waals surface area contributed by atoms with Gasteiger partial charge in [0.05, 0.1) is 32.2 Å². The van der Waals surface area contributed by atoms with Crippen molar-refractivity contribution in [2.75, 3.05) is 14.2 Å². The lowest BCUT2D eigenvalue weighted by Crippen LogP contribution is -2.31. The molecule has 1 saturated heterocycles. The van der Waals surface area contributed by atoms with E-state index in [0.717, 1.165) is 41.9 Å². The first-order valence-corrected chi connectivity index (χ1v) is 10.9. The molecule has 6 nitrogen and oxygen atoms in total. The first-order chi connectivity index (χ1) is 14.7. The molecular formula is C23H27N3O3S. The van der Waals surface area contributed by atoms with Gasteiger partial charge in [-0.1, -0.05) is 55.8 Å². The van der Waals surface area contributed by atoms with Crippen LogP contribution in [-0.4, -0.2) is 41.7 Å². The zero-order valence-corrected chi connectivity index (χ0v) is 18.4. The highest BCUT2D eigenvalue weighted by Gasteiger charge is 2.37. The number of thioether (sulfide) groups is 1. The number of para-hydroxylation sites is 1. The molecular weight excluding hydrogens is 398 g/mol. The molecule has 2 aromatic rings. The number of benzene rings is 2. The number of carbonyl (C=O) groups is 1. The standard InChI is InChI=1S/C23H27N3O3S/c1-4-5-10-21-22(27)26(16-17-11-13-19(28-2)14-12-17)23(30-21)25-24-15-18-8-6-7-9-20(18)29-3/h6-9,11-15,21H,4-5,10,16H2,1-3H3/b24-15+,25-23-. The molecule has 1 atom stereocenters. The number of amidine groups is 1. The molecule has 1 heterocycles. The van der Waals surface area contributed by atoms with E-state index >= 15 is 0 Å². The summed E-state index contributed by atoms with van der Waals surface area (Å²) in [6.07, 6.45) is 4.56. The molecule has 30 heavy (non-hydrogen) atoms. The van der Waals surface area contributed by atoms with Crippen molar-refractivity contribution < 1.29 is 14.3 Å². The van der Waals surface area contributed by atoms with Crippen molar-refractivity contribution >= 4 is 29.1 Å². The smallest absolute Gasteiger partial charge is 0.242 e. The van der Waals surface area contributed by atoms with Gasteiger partial charge in [-0.15, -0.1) is 5.10 Å². The second kappa shape index (κ2) is 10.8. The van der Waals surface area contributed by atoms with Crippen molar-refractivity contribution in [3.8, 4) is 11.5 Å². The molecule has 158 valence electrons. The Morgan fingerprint density at radius 3 is 2.57 bits per heavy atom. The first kappa shape index (κ1) is 21.9. The fraction of sp³-hybridized carbons (Fsp3) is 0.348. The van der Waals surface area contributed by atoms with Gasteiger partial charge in [-0.05, 0) is 36.2 Å². The molecule has 0 aromatic heterocycles. The van der Waals surface area contributed by atoms with Crippen molar-refractivity contribution in [1.29, 1.82) is 0 Å². The Morgan fingerprint density at radius 2 is 1.87 bits per heavy atom. The van der Waals surface area contributed by atoms with Gasteiger partial charge in [-0.2, -0.15) is 5.10 Å². The van der Waals surface area contributed by atoms with Crippen molar-refractivity contribution in [2.24, 2.45) is 10.2 Å². The first-order valence-electron chi connectivity index (χ1n) is 10.0. The fourth-order valence-corrected chi connectivity index (χ4v) is 4.27. The van der Waals surface area contributed by atoms with Crippen LogP contribution in [0.15, 0.2) is 58.7 Å². The molecule has 0 saturated carbocycles. The number of carbonyl (C=O) groups excluding carboxylic acids is 1. The maximum atomic E-state index is 13.0. The topological polar surface area (TPSA) is 63.5 Å². The monoisotopic (exact) mass is 425 g/mol. The van der Waals surface area contributed by atoms with Crippen LogP contribution in [-0.2, 0) is 11.3 Å². The largest absolute Gasteiger partial charge is 0.497 e. The lowest BCUT2D eigenvalue weighted by molar-refractivity contribution is -0.126. The molecule has 0 aliphatic carbocycles. The highest BCUT2D eigenvalue weighted by Crippen LogP contribution is 2.32. The molecule has 2 aromatic carbocycles. The van der Waals surface area contributed by atoms with Crippen LogP contribution in [0.3, 0.4) is 0 Å². The number of methoxy groups -OCH3 is 2. The quantitative estimate of drug-likeness (QED) is 0.430. The molecule has 3 rings (SSSR count). The number of hydrogen-bond acceptors (Lipinski definition) is 6. The van der Waals surface area contributed by atoms with Crippen molar-refractivity contribution in [1.82, 2.24) is 4.90 Å². The number of rotatable bonds is 9. The summed E-state index contributed by atoms with van der Waals surface area (Å²) in [6, 6.07) is 15.3. The van der Waals surface area contributed by atoms with Crippen LogP contribution in [0.1, 0.15) is 37.3 Å². The van der Waals surface area contributed by atoms with Gasteiger partial charge in [0.15, 0.2) is 5.17 Å². The minimum absolute atomic E-state index is 0.0931. The molecule has 1 amide bonds. The minimum Gasteiger partial charge on any atom is -0.497 e. The van der Waals surface area contributed by atoms with E-state index in [1.807, 2.05) is 48.5 Å². The van der Waals surface area contributed by atoms with E-state index in [9.17, 15) is 4.79 Å². The van der Waals surface area contributed by atoms with Crippen molar-refractivity contribution in [2.45, 2.75) is 38.0 Å². The van der Waals surface area contributed by atoms with Crippen LogP contribution >= 0.6 is 11.8 Å². The van der Waals surface area contributed by atoms with Crippen LogP contribution in [0, 0.1) is 0 Å². The summed E-state index contributed by atoms with van der Waals surface area (Å²) in [5.41, 5.74) is 1.85. The molecule has 7 heteroatoms. The Bertz CT molecular complexity index is 912. The highest BCUT2D eigenvalue weighted by atomic mass is 32.2. The summed E-state index contributed by atoms with van der Waals surface area (Å²) >= 11 is 1.50. The Hall–Kier alpha value is -2.80. The summed E-state index contributed by atoms with van der Waals surface area (Å²) in [4.78, 5) is 14.7. The van der Waals surface area contributed by atoms with Crippen LogP contribution < -0.4 is 9.47 Å². The Kier molecular flexibility index (Phi) is 7.90. The number of amides is 1. The number of nitrogens with zero attached hydrogens (tertiary/aromatic N) is 3. The second-order valence-corrected chi connectivity index (χ2v) is 8.06. The van der Waals surface area contributed by atoms with E-state index < -0.39 is 0 Å². The maximum absolute atomic E-state index is 13.0. The van der Waals surface area contributed by atoms with E-state index in [4.69, 9.17) is 9.47 Å². The molecule has 0 N–H and O–H groups in total. The van der Waals surface area contributed by atoms with E-state index in [2.05, 4.69) is 17.1 Å². The van der Waals surface area contributed by atoms with Crippen molar-refractivity contribution in [3.05, 3.63) is 59.7 Å². The highest BCUT2D eigenvalue weighted by molar-refractivity contribution is 8.15. The number of unbranched alkanes of at least 4 members (excludes halogenated alkanes) is 1. The molecule has 0 spiro atoms. The normalized spacial score (nSPS) is 17.8. The predicted octanol–water partition coefficient (Wildman–Crippen LogP) is 4.73. The van der Waals surface area contributed by atoms with Crippen LogP contribution in [0.2, 0.25) is 0 Å². The van der Waals surface area contributed by atoms with E-state index in [0.29, 0.717) is 11.7 Å². The lowest BCUT2D eigenvalue weighted by Gasteiger charge is -2.16. The summed E-state index contributed by atoms with van der Waals surface area (Å²) < 4.78 is 10.6. The summed E-state index contributed by atoms with van der Waals surface area (Å²) in [6.45, 7) is 2.59. The number of hydrogen-bond donors (Lipinski definition) is 0. The SMILES string of the molecule is CCCCC1S/C(=N\N=C\c2ccccc2OC)N(Cc2ccc(OC)cc2)C1=O.